The maximum absolute atomic E-state index is 12.3. The van der Waals surface area contributed by atoms with Crippen LogP contribution in [-0.2, 0) is 14.3 Å². The number of nitriles is 1. The summed E-state index contributed by atoms with van der Waals surface area (Å²) in [6, 6.07) is 1.88. The predicted molar refractivity (Wildman–Crippen MR) is 72.4 cm³/mol. The van der Waals surface area contributed by atoms with Crippen LogP contribution in [0.5, 0.6) is 0 Å². The summed E-state index contributed by atoms with van der Waals surface area (Å²) < 4.78 is 4.66. The van der Waals surface area contributed by atoms with Gasteiger partial charge in [0.25, 0.3) is 5.91 Å². The smallest absolute Gasteiger partial charge is 0.397 e. The van der Waals surface area contributed by atoms with Crippen LogP contribution < -0.4 is 0 Å². The Balaban J connectivity index is 1.95. The molecule has 2 amide bonds. The number of aromatic amines is 1. The third kappa shape index (κ3) is 3.06. The molecule has 0 saturated carbocycles. The van der Waals surface area contributed by atoms with E-state index in [2.05, 4.69) is 14.9 Å². The highest BCUT2D eigenvalue weighted by molar-refractivity contribution is 6.32. The van der Waals surface area contributed by atoms with E-state index < -0.39 is 11.9 Å². The lowest BCUT2D eigenvalue weighted by atomic mass is 10.2. The number of rotatable bonds is 2. The number of H-pyrrole nitrogens is 1. The number of esters is 1. The average molecular weight is 305 g/mol. The maximum Gasteiger partial charge on any atom is 0.397 e. The third-order valence-corrected chi connectivity index (χ3v) is 3.28. The molecule has 1 aliphatic rings. The second-order valence-electron chi connectivity index (χ2n) is 4.58. The van der Waals surface area contributed by atoms with Crippen molar-refractivity contribution in [3.8, 4) is 6.07 Å². The van der Waals surface area contributed by atoms with Gasteiger partial charge in [-0.1, -0.05) is 0 Å². The summed E-state index contributed by atoms with van der Waals surface area (Å²) in [5, 5.41) is 15.1. The van der Waals surface area contributed by atoms with Gasteiger partial charge in [-0.25, -0.2) is 4.79 Å². The minimum absolute atomic E-state index is 0.132. The minimum atomic E-state index is -0.886. The van der Waals surface area contributed by atoms with Crippen LogP contribution in [0.3, 0.4) is 0 Å². The fraction of sp³-hybridized carbons (Fsp3) is 0.462. The van der Waals surface area contributed by atoms with E-state index in [-0.39, 0.29) is 50.0 Å². The summed E-state index contributed by atoms with van der Waals surface area (Å²) in [4.78, 5) is 38.3. The molecule has 9 heteroatoms. The number of nitrogens with zero attached hydrogens (tertiary/aromatic N) is 4. The molecular weight excluding hydrogens is 290 g/mol. The van der Waals surface area contributed by atoms with Gasteiger partial charge in [0, 0.05) is 26.2 Å². The first-order chi connectivity index (χ1) is 10.6. The van der Waals surface area contributed by atoms with Crippen LogP contribution in [0.15, 0.2) is 6.20 Å². The first kappa shape index (κ1) is 15.5. The van der Waals surface area contributed by atoms with Gasteiger partial charge in [0.2, 0.25) is 0 Å². The fourth-order valence-electron chi connectivity index (χ4n) is 2.13. The van der Waals surface area contributed by atoms with Crippen molar-refractivity contribution in [2.45, 2.75) is 6.92 Å². The van der Waals surface area contributed by atoms with Gasteiger partial charge in [-0.3, -0.25) is 14.7 Å². The van der Waals surface area contributed by atoms with Crippen molar-refractivity contribution in [2.24, 2.45) is 0 Å². The molecule has 1 saturated heterocycles. The van der Waals surface area contributed by atoms with Crippen LogP contribution in [0, 0.1) is 11.3 Å². The number of ether oxygens (including phenoxy) is 1. The van der Waals surface area contributed by atoms with E-state index in [1.165, 1.54) is 16.0 Å². The Morgan fingerprint density at radius 1 is 1.32 bits per heavy atom. The standard InChI is InChI=1S/C13H15N5O4/c1-2-22-13(21)12(20)18-5-3-17(4-6-18)11(19)10-9(7-14)8-15-16-10/h8H,2-6H2,1H3,(H,15,16). The van der Waals surface area contributed by atoms with Gasteiger partial charge in [0.15, 0.2) is 0 Å². The molecule has 1 aromatic heterocycles. The summed E-state index contributed by atoms with van der Waals surface area (Å²) in [7, 11) is 0. The number of hydrogen-bond donors (Lipinski definition) is 1. The molecule has 116 valence electrons. The lowest BCUT2D eigenvalue weighted by Crippen LogP contribution is -2.52. The highest BCUT2D eigenvalue weighted by atomic mass is 16.5. The van der Waals surface area contributed by atoms with Crippen molar-refractivity contribution in [2.75, 3.05) is 32.8 Å². The van der Waals surface area contributed by atoms with Crippen LogP contribution in [0.4, 0.5) is 0 Å². The van der Waals surface area contributed by atoms with Gasteiger partial charge in [-0.05, 0) is 6.92 Å². The zero-order valence-corrected chi connectivity index (χ0v) is 12.0. The number of carbonyl (C=O) groups is 3. The number of amides is 2. The molecular formula is C13H15N5O4. The number of nitrogens with one attached hydrogen (secondary N) is 1. The second-order valence-corrected chi connectivity index (χ2v) is 4.58. The maximum atomic E-state index is 12.3. The zero-order chi connectivity index (χ0) is 16.1. The highest BCUT2D eigenvalue weighted by Crippen LogP contribution is 2.10. The SMILES string of the molecule is CCOC(=O)C(=O)N1CCN(C(=O)c2[nH]ncc2C#N)CC1. The fourth-order valence-corrected chi connectivity index (χ4v) is 2.13. The number of aromatic nitrogens is 2. The Bertz CT molecular complexity index is 625. The van der Waals surface area contributed by atoms with Crippen LogP contribution in [0.25, 0.3) is 0 Å². The van der Waals surface area contributed by atoms with Gasteiger partial charge in [-0.15, -0.1) is 0 Å². The summed E-state index contributed by atoms with van der Waals surface area (Å²) >= 11 is 0. The molecule has 22 heavy (non-hydrogen) atoms. The predicted octanol–water partition coefficient (Wildman–Crippen LogP) is -0.871. The largest absolute Gasteiger partial charge is 0.459 e. The van der Waals surface area contributed by atoms with Crippen molar-refractivity contribution >= 4 is 17.8 Å². The first-order valence-electron chi connectivity index (χ1n) is 6.77. The molecule has 0 unspecified atom stereocenters. The molecule has 0 atom stereocenters. The molecule has 0 aliphatic carbocycles. The van der Waals surface area contributed by atoms with E-state index in [0.717, 1.165) is 0 Å². The van der Waals surface area contributed by atoms with Crippen molar-refractivity contribution < 1.29 is 19.1 Å². The number of hydrogen-bond acceptors (Lipinski definition) is 6. The molecule has 0 aromatic carbocycles. The number of piperazine rings is 1. The molecule has 0 spiro atoms. The van der Waals surface area contributed by atoms with E-state index >= 15 is 0 Å². The lowest BCUT2D eigenvalue weighted by Gasteiger charge is -2.33. The molecule has 1 aliphatic heterocycles. The normalized spacial score (nSPS) is 14.4. The Labute approximate surface area is 126 Å². The first-order valence-corrected chi connectivity index (χ1v) is 6.77. The average Bonchev–Trinajstić information content (AvgIpc) is 3.02. The molecule has 1 aromatic rings. The molecule has 2 rings (SSSR count). The van der Waals surface area contributed by atoms with Gasteiger partial charge in [0.05, 0.1) is 12.8 Å². The Morgan fingerprint density at radius 3 is 2.55 bits per heavy atom. The Kier molecular flexibility index (Phi) is 4.73. The van der Waals surface area contributed by atoms with Crippen molar-refractivity contribution in [1.82, 2.24) is 20.0 Å². The van der Waals surface area contributed by atoms with E-state index in [0.29, 0.717) is 0 Å². The van der Waals surface area contributed by atoms with Gasteiger partial charge in [0.1, 0.15) is 17.3 Å². The van der Waals surface area contributed by atoms with Crippen molar-refractivity contribution in [3.05, 3.63) is 17.5 Å². The Morgan fingerprint density at radius 2 is 1.95 bits per heavy atom. The van der Waals surface area contributed by atoms with Crippen LogP contribution in [-0.4, -0.2) is 70.6 Å². The Hall–Kier alpha value is -2.89. The van der Waals surface area contributed by atoms with Gasteiger partial charge in [-0.2, -0.15) is 10.4 Å². The monoisotopic (exact) mass is 305 g/mol. The lowest BCUT2D eigenvalue weighted by molar-refractivity contribution is -0.160. The number of carbonyl (C=O) groups excluding carboxylic acids is 3. The third-order valence-electron chi connectivity index (χ3n) is 3.28. The van der Waals surface area contributed by atoms with Crippen LogP contribution in [0.2, 0.25) is 0 Å². The molecule has 0 bridgehead atoms. The molecule has 9 nitrogen and oxygen atoms in total. The van der Waals surface area contributed by atoms with Gasteiger partial charge >= 0.3 is 11.9 Å². The molecule has 2 heterocycles. The molecule has 1 N–H and O–H groups in total. The zero-order valence-electron chi connectivity index (χ0n) is 12.0. The van der Waals surface area contributed by atoms with E-state index in [4.69, 9.17) is 5.26 Å². The van der Waals surface area contributed by atoms with Gasteiger partial charge < -0.3 is 14.5 Å². The minimum Gasteiger partial charge on any atom is -0.459 e. The molecule has 1 fully saturated rings. The van der Waals surface area contributed by atoms with Crippen molar-refractivity contribution in [3.63, 3.8) is 0 Å². The summed E-state index contributed by atoms with van der Waals surface area (Å²) in [6.07, 6.45) is 1.29. The molecule has 0 radical (unpaired) electrons. The van der Waals surface area contributed by atoms with Crippen molar-refractivity contribution in [1.29, 1.82) is 5.26 Å². The summed E-state index contributed by atoms with van der Waals surface area (Å²) in [5.74, 6) is -1.94. The van der Waals surface area contributed by atoms with E-state index in [1.807, 2.05) is 6.07 Å². The highest BCUT2D eigenvalue weighted by Gasteiger charge is 2.30. The summed E-state index contributed by atoms with van der Waals surface area (Å²) in [6.45, 7) is 2.78. The van der Waals surface area contributed by atoms with E-state index in [9.17, 15) is 14.4 Å². The second kappa shape index (κ2) is 6.71. The van der Waals surface area contributed by atoms with Crippen LogP contribution in [0.1, 0.15) is 23.0 Å². The van der Waals surface area contributed by atoms with Crippen LogP contribution >= 0.6 is 0 Å². The topological polar surface area (TPSA) is 119 Å². The summed E-state index contributed by atoms with van der Waals surface area (Å²) in [5.41, 5.74) is 0.308. The quantitative estimate of drug-likeness (QED) is 0.560. The van der Waals surface area contributed by atoms with E-state index in [1.54, 1.807) is 6.92 Å².